The molecule has 20 heavy (non-hydrogen) atoms. The molecular weight excluding hydrogens is 299 g/mol. The maximum Gasteiger partial charge on any atom is 0.225 e. The Morgan fingerprint density at radius 3 is 2.75 bits per heavy atom. The first kappa shape index (κ1) is 15.6. The molecule has 1 amide bonds. The summed E-state index contributed by atoms with van der Waals surface area (Å²) in [5.41, 5.74) is 0.532. The molecule has 0 heterocycles. The third-order valence-electron chi connectivity index (χ3n) is 3.28. The Morgan fingerprint density at radius 1 is 1.35 bits per heavy atom. The number of hydrogen-bond donors (Lipinski definition) is 2. The van der Waals surface area contributed by atoms with Gasteiger partial charge in [-0.25, -0.2) is 0 Å². The number of amides is 1. The van der Waals surface area contributed by atoms with Crippen molar-refractivity contribution in [1.82, 2.24) is 4.90 Å². The van der Waals surface area contributed by atoms with Gasteiger partial charge in [0.1, 0.15) is 0 Å². The zero-order chi connectivity index (χ0) is 14.5. The second-order valence-corrected chi connectivity index (χ2v) is 5.76. The normalized spacial score (nSPS) is 14.6. The van der Waals surface area contributed by atoms with Crippen LogP contribution < -0.4 is 5.32 Å². The molecule has 0 radical (unpaired) electrons. The number of carbonyl (C=O) groups is 1. The molecule has 2 N–H and O–H groups in total. The van der Waals surface area contributed by atoms with Gasteiger partial charge in [0.25, 0.3) is 0 Å². The van der Waals surface area contributed by atoms with E-state index in [4.69, 9.17) is 28.3 Å². The summed E-state index contributed by atoms with van der Waals surface area (Å²) in [6.45, 7) is 1.39. The Labute approximate surface area is 128 Å². The highest BCUT2D eigenvalue weighted by atomic mass is 35.5. The van der Waals surface area contributed by atoms with Gasteiger partial charge in [0.05, 0.1) is 17.3 Å². The molecule has 1 aliphatic rings. The fraction of sp³-hybridized carbons (Fsp3) is 0.500. The largest absolute Gasteiger partial charge is 0.395 e. The summed E-state index contributed by atoms with van der Waals surface area (Å²) in [7, 11) is 0. The molecular formula is C14H18Cl2N2O2. The van der Waals surface area contributed by atoms with Crippen LogP contribution in [-0.4, -0.2) is 41.7 Å². The Morgan fingerprint density at radius 2 is 2.10 bits per heavy atom. The van der Waals surface area contributed by atoms with Crippen molar-refractivity contribution >= 4 is 34.8 Å². The van der Waals surface area contributed by atoms with Crippen molar-refractivity contribution in [2.75, 3.05) is 25.0 Å². The van der Waals surface area contributed by atoms with Crippen LogP contribution in [0.2, 0.25) is 10.0 Å². The van der Waals surface area contributed by atoms with Gasteiger partial charge in [-0.3, -0.25) is 9.69 Å². The molecule has 1 saturated carbocycles. The van der Waals surface area contributed by atoms with Gasteiger partial charge < -0.3 is 10.4 Å². The first-order chi connectivity index (χ1) is 9.60. The maximum absolute atomic E-state index is 11.9. The van der Waals surface area contributed by atoms with E-state index in [1.54, 1.807) is 18.2 Å². The number of rotatable bonds is 7. The minimum absolute atomic E-state index is 0.0993. The van der Waals surface area contributed by atoms with E-state index in [1.807, 2.05) is 0 Å². The molecule has 2 rings (SSSR count). The fourth-order valence-electron chi connectivity index (χ4n) is 2.10. The summed E-state index contributed by atoms with van der Waals surface area (Å²) in [6, 6.07) is 5.50. The molecule has 1 fully saturated rings. The molecule has 1 aromatic rings. The number of nitrogens with one attached hydrogen (secondary N) is 1. The van der Waals surface area contributed by atoms with Crippen LogP contribution in [0.25, 0.3) is 0 Å². The lowest BCUT2D eigenvalue weighted by molar-refractivity contribution is -0.116. The Hall–Kier alpha value is -0.810. The molecule has 0 unspecified atom stereocenters. The number of aliphatic hydroxyl groups excluding tert-OH is 1. The van der Waals surface area contributed by atoms with Gasteiger partial charge in [0.15, 0.2) is 0 Å². The minimum atomic E-state index is -0.0993. The predicted molar refractivity (Wildman–Crippen MR) is 81.4 cm³/mol. The van der Waals surface area contributed by atoms with E-state index in [2.05, 4.69) is 10.2 Å². The highest BCUT2D eigenvalue weighted by molar-refractivity contribution is 6.35. The van der Waals surface area contributed by atoms with Gasteiger partial charge in [-0.15, -0.1) is 0 Å². The summed E-state index contributed by atoms with van der Waals surface area (Å²) in [4.78, 5) is 14.1. The summed E-state index contributed by atoms with van der Waals surface area (Å²) in [5.74, 6) is -0.0993. The van der Waals surface area contributed by atoms with Crippen LogP contribution in [0.1, 0.15) is 19.3 Å². The number of anilines is 1. The molecule has 0 bridgehead atoms. The molecule has 0 saturated heterocycles. The van der Waals surface area contributed by atoms with Crippen molar-refractivity contribution in [3.05, 3.63) is 28.2 Å². The highest BCUT2D eigenvalue weighted by Crippen LogP contribution is 2.27. The topological polar surface area (TPSA) is 52.6 Å². The Bertz CT molecular complexity index is 478. The molecule has 0 spiro atoms. The van der Waals surface area contributed by atoms with Gasteiger partial charge in [0.2, 0.25) is 5.91 Å². The van der Waals surface area contributed by atoms with E-state index in [9.17, 15) is 4.79 Å². The fourth-order valence-corrected chi connectivity index (χ4v) is 2.43. The average molecular weight is 317 g/mol. The molecule has 1 aromatic carbocycles. The van der Waals surface area contributed by atoms with Gasteiger partial charge in [-0.2, -0.15) is 0 Å². The number of benzene rings is 1. The van der Waals surface area contributed by atoms with E-state index < -0.39 is 0 Å². The van der Waals surface area contributed by atoms with E-state index in [-0.39, 0.29) is 12.5 Å². The van der Waals surface area contributed by atoms with E-state index in [0.717, 1.165) is 12.8 Å². The summed E-state index contributed by atoms with van der Waals surface area (Å²) in [6.07, 6.45) is 2.68. The van der Waals surface area contributed by atoms with Crippen molar-refractivity contribution in [3.8, 4) is 0 Å². The van der Waals surface area contributed by atoms with Gasteiger partial charge >= 0.3 is 0 Å². The monoisotopic (exact) mass is 316 g/mol. The lowest BCUT2D eigenvalue weighted by Crippen LogP contribution is -2.32. The second-order valence-electron chi connectivity index (χ2n) is 4.91. The lowest BCUT2D eigenvalue weighted by atomic mass is 10.3. The molecule has 4 nitrogen and oxygen atoms in total. The van der Waals surface area contributed by atoms with Gasteiger partial charge in [-0.05, 0) is 31.0 Å². The number of halogens is 2. The molecule has 1 aliphatic carbocycles. The SMILES string of the molecule is O=C(CCN(CCO)C1CC1)Nc1cc(Cl)ccc1Cl. The van der Waals surface area contributed by atoms with Gasteiger partial charge in [-0.1, -0.05) is 23.2 Å². The molecule has 0 aromatic heterocycles. The quantitative estimate of drug-likeness (QED) is 0.813. The molecule has 0 aliphatic heterocycles. The van der Waals surface area contributed by atoms with Crippen LogP contribution in [0, 0.1) is 0 Å². The average Bonchev–Trinajstić information content (AvgIpc) is 3.23. The summed E-state index contributed by atoms with van der Waals surface area (Å²) < 4.78 is 0. The van der Waals surface area contributed by atoms with Crippen molar-refractivity contribution in [2.45, 2.75) is 25.3 Å². The van der Waals surface area contributed by atoms with Crippen molar-refractivity contribution in [2.24, 2.45) is 0 Å². The van der Waals surface area contributed by atoms with Crippen LogP contribution in [0.4, 0.5) is 5.69 Å². The van der Waals surface area contributed by atoms with E-state index in [0.29, 0.717) is 41.3 Å². The smallest absolute Gasteiger partial charge is 0.225 e. The zero-order valence-electron chi connectivity index (χ0n) is 11.1. The number of aliphatic hydroxyl groups is 1. The number of hydrogen-bond acceptors (Lipinski definition) is 3. The van der Waals surface area contributed by atoms with Crippen molar-refractivity contribution in [3.63, 3.8) is 0 Å². The van der Waals surface area contributed by atoms with Gasteiger partial charge in [0, 0.05) is 30.6 Å². The number of nitrogens with zero attached hydrogens (tertiary/aromatic N) is 1. The first-order valence-electron chi connectivity index (χ1n) is 6.70. The summed E-state index contributed by atoms with van der Waals surface area (Å²) in [5, 5.41) is 12.8. The van der Waals surface area contributed by atoms with Crippen molar-refractivity contribution < 1.29 is 9.90 Å². The predicted octanol–water partition coefficient (Wildman–Crippen LogP) is 2.78. The Kier molecular flexibility index (Phi) is 5.66. The first-order valence-corrected chi connectivity index (χ1v) is 7.45. The standard InChI is InChI=1S/C14H18Cl2N2O2/c15-10-1-4-12(16)13(9-10)17-14(20)5-6-18(7-8-19)11-2-3-11/h1,4,9,11,19H,2-3,5-8H2,(H,17,20). The highest BCUT2D eigenvalue weighted by Gasteiger charge is 2.28. The second kappa shape index (κ2) is 7.27. The molecule has 110 valence electrons. The number of carbonyl (C=O) groups excluding carboxylic acids is 1. The van der Waals surface area contributed by atoms with Crippen LogP contribution in [0.3, 0.4) is 0 Å². The maximum atomic E-state index is 11.9. The van der Waals surface area contributed by atoms with E-state index in [1.165, 1.54) is 0 Å². The van der Waals surface area contributed by atoms with E-state index >= 15 is 0 Å². The molecule has 6 heteroatoms. The van der Waals surface area contributed by atoms with Crippen LogP contribution in [0.15, 0.2) is 18.2 Å². The molecule has 0 atom stereocenters. The summed E-state index contributed by atoms with van der Waals surface area (Å²) >= 11 is 11.9. The Balaban J connectivity index is 1.84. The zero-order valence-corrected chi connectivity index (χ0v) is 12.6. The van der Waals surface area contributed by atoms with Crippen LogP contribution in [0.5, 0.6) is 0 Å². The lowest BCUT2D eigenvalue weighted by Gasteiger charge is -2.20. The van der Waals surface area contributed by atoms with Crippen LogP contribution >= 0.6 is 23.2 Å². The van der Waals surface area contributed by atoms with Crippen molar-refractivity contribution in [1.29, 1.82) is 0 Å². The van der Waals surface area contributed by atoms with Crippen LogP contribution in [-0.2, 0) is 4.79 Å². The third-order valence-corrected chi connectivity index (χ3v) is 3.84. The third kappa shape index (κ3) is 4.63. The minimum Gasteiger partial charge on any atom is -0.395 e.